The molecule has 0 aliphatic heterocycles. The third kappa shape index (κ3) is 6.68. The summed E-state index contributed by atoms with van der Waals surface area (Å²) in [6, 6.07) is 5.99. The number of carbonyl (C=O) groups is 2. The third-order valence-corrected chi connectivity index (χ3v) is 6.70. The van der Waals surface area contributed by atoms with Gasteiger partial charge in [-0.25, -0.2) is 9.37 Å². The average molecular weight is 489 g/mol. The molecule has 0 radical (unpaired) electrons. The molecule has 0 atom stereocenters. The van der Waals surface area contributed by atoms with Crippen LogP contribution < -0.4 is 0 Å². The van der Waals surface area contributed by atoms with Crippen LogP contribution in [-0.4, -0.2) is 39.1 Å². The molecule has 0 bridgehead atoms. The Kier molecular flexibility index (Phi) is 8.51. The van der Waals surface area contributed by atoms with Crippen molar-refractivity contribution in [2.75, 3.05) is 7.11 Å². The van der Waals surface area contributed by atoms with E-state index in [1.54, 1.807) is 23.8 Å². The molecule has 6 nitrogen and oxygen atoms in total. The fourth-order valence-corrected chi connectivity index (χ4v) is 4.35. The van der Waals surface area contributed by atoms with Gasteiger partial charge in [0.25, 0.3) is 0 Å². The highest BCUT2D eigenvalue weighted by Crippen LogP contribution is 2.32. The van der Waals surface area contributed by atoms with E-state index < -0.39 is 11.6 Å². The van der Waals surface area contributed by atoms with Gasteiger partial charge in [-0.05, 0) is 87.1 Å². The zero-order chi connectivity index (χ0) is 24.9. The van der Waals surface area contributed by atoms with Crippen LogP contribution in [0.5, 0.6) is 0 Å². The number of carbonyl (C=O) groups excluding carboxylic acids is 1. The second kappa shape index (κ2) is 11.2. The maximum absolute atomic E-state index is 13.4. The van der Waals surface area contributed by atoms with Crippen LogP contribution in [0.2, 0.25) is 5.28 Å². The predicted molar refractivity (Wildman–Crippen MR) is 127 cm³/mol. The van der Waals surface area contributed by atoms with E-state index in [1.807, 2.05) is 13.8 Å². The fraction of sp³-hybridized carbons (Fsp3) is 0.500. The summed E-state index contributed by atoms with van der Waals surface area (Å²) in [5, 5.41) is 9.33. The summed E-state index contributed by atoms with van der Waals surface area (Å²) < 4.78 is 20.3. The minimum absolute atomic E-state index is 0.124. The van der Waals surface area contributed by atoms with Crippen molar-refractivity contribution >= 4 is 23.4 Å². The summed E-state index contributed by atoms with van der Waals surface area (Å²) in [5.74, 6) is 4.77. The molecule has 1 aliphatic carbocycles. The Bertz CT molecular complexity index is 1090. The molecule has 1 fully saturated rings. The van der Waals surface area contributed by atoms with Crippen molar-refractivity contribution in [2.45, 2.75) is 64.5 Å². The van der Waals surface area contributed by atoms with E-state index in [0.717, 1.165) is 18.4 Å². The summed E-state index contributed by atoms with van der Waals surface area (Å²) in [7, 11) is 1.56. The zero-order valence-corrected chi connectivity index (χ0v) is 20.5. The average Bonchev–Trinajstić information content (AvgIpc) is 3.13. The van der Waals surface area contributed by atoms with E-state index >= 15 is 0 Å². The lowest BCUT2D eigenvalue weighted by molar-refractivity contribution is -0.143. The highest BCUT2D eigenvalue weighted by atomic mass is 35.5. The maximum Gasteiger partial charge on any atom is 0.306 e. The first-order chi connectivity index (χ1) is 16.1. The second-order valence-corrected chi connectivity index (χ2v) is 9.61. The van der Waals surface area contributed by atoms with Crippen LogP contribution in [0.15, 0.2) is 24.3 Å². The van der Waals surface area contributed by atoms with Gasteiger partial charge in [0.1, 0.15) is 22.8 Å². The molecule has 1 aromatic heterocycles. The number of hydrogen-bond donors (Lipinski definition) is 1. The number of methoxy groups -OCH3 is 1. The first kappa shape index (κ1) is 25.9. The van der Waals surface area contributed by atoms with Crippen molar-refractivity contribution < 1.29 is 23.8 Å². The van der Waals surface area contributed by atoms with Crippen LogP contribution in [-0.2, 0) is 16.1 Å². The lowest BCUT2D eigenvalue weighted by Gasteiger charge is -2.25. The number of imidazole rings is 1. The van der Waals surface area contributed by atoms with Gasteiger partial charge >= 0.3 is 5.97 Å². The third-order valence-electron chi connectivity index (χ3n) is 6.41. The molecule has 0 unspecified atom stereocenters. The van der Waals surface area contributed by atoms with E-state index in [2.05, 4.69) is 16.8 Å². The quantitative estimate of drug-likeness (QED) is 0.400. The van der Waals surface area contributed by atoms with E-state index in [9.17, 15) is 19.1 Å². The number of nitrogens with zero attached hydrogens (tertiary/aromatic N) is 2. The topological polar surface area (TPSA) is 81.4 Å². The highest BCUT2D eigenvalue weighted by Gasteiger charge is 2.28. The molecule has 8 heteroatoms. The number of aliphatic carboxylic acids is 1. The number of halogens is 2. The normalized spacial score (nSPS) is 18.3. The number of aromatic nitrogens is 2. The molecule has 3 rings (SSSR count). The van der Waals surface area contributed by atoms with Gasteiger partial charge in [-0.15, -0.1) is 0 Å². The van der Waals surface area contributed by atoms with Gasteiger partial charge in [-0.3, -0.25) is 9.59 Å². The lowest BCUT2D eigenvalue weighted by atomic mass is 9.79. The minimum Gasteiger partial charge on any atom is -0.481 e. The Morgan fingerprint density at radius 3 is 2.47 bits per heavy atom. The van der Waals surface area contributed by atoms with Crippen LogP contribution in [0.3, 0.4) is 0 Å². The summed E-state index contributed by atoms with van der Waals surface area (Å²) in [4.78, 5) is 28.9. The Morgan fingerprint density at radius 2 is 1.88 bits per heavy atom. The Balaban J connectivity index is 1.83. The van der Waals surface area contributed by atoms with Crippen molar-refractivity contribution in [3.8, 4) is 11.8 Å². The van der Waals surface area contributed by atoms with E-state index in [1.165, 1.54) is 12.1 Å². The standard InChI is InChI=1S/C26H30ClFN2O4/c1-26(2,34-3)15-14-21-23(22(31)13-8-17-4-9-19(10-5-17)24(32)33)30(25(27)29-21)16-18-6-11-20(28)12-7-18/h6-7,11-12,17,19H,4-5,8-10,13,16H2,1-3H3,(H,32,33). The van der Waals surface area contributed by atoms with Crippen LogP contribution in [0.25, 0.3) is 0 Å². The summed E-state index contributed by atoms with van der Waals surface area (Å²) in [5.41, 5.74) is 0.666. The van der Waals surface area contributed by atoms with Gasteiger partial charge in [-0.1, -0.05) is 18.1 Å². The fourth-order valence-electron chi connectivity index (χ4n) is 4.12. The molecule has 0 saturated heterocycles. The van der Waals surface area contributed by atoms with E-state index in [4.69, 9.17) is 16.3 Å². The van der Waals surface area contributed by atoms with E-state index in [-0.39, 0.29) is 41.5 Å². The molecule has 1 N–H and O–H groups in total. The van der Waals surface area contributed by atoms with Gasteiger partial charge in [0, 0.05) is 13.5 Å². The van der Waals surface area contributed by atoms with Gasteiger partial charge < -0.3 is 14.4 Å². The first-order valence-electron chi connectivity index (χ1n) is 11.4. The van der Waals surface area contributed by atoms with Crippen molar-refractivity contribution in [3.63, 3.8) is 0 Å². The summed E-state index contributed by atoms with van der Waals surface area (Å²) in [6.45, 7) is 3.88. The Labute approximate surface area is 204 Å². The molecule has 1 saturated carbocycles. The monoisotopic (exact) mass is 488 g/mol. The van der Waals surface area contributed by atoms with Crippen LogP contribution in [0.4, 0.5) is 4.39 Å². The number of ketones is 1. The molecule has 0 amide bonds. The summed E-state index contributed by atoms with van der Waals surface area (Å²) in [6.07, 6.45) is 3.84. The number of ether oxygens (including phenoxy) is 1. The molecule has 1 heterocycles. The number of benzene rings is 1. The number of Topliss-reactive ketones (excluding diaryl/α,β-unsaturated/α-hetero) is 1. The smallest absolute Gasteiger partial charge is 0.306 e. The molecule has 1 aliphatic rings. The highest BCUT2D eigenvalue weighted by molar-refractivity contribution is 6.29. The number of rotatable bonds is 8. The van der Waals surface area contributed by atoms with Crippen molar-refractivity contribution in [1.82, 2.24) is 9.55 Å². The van der Waals surface area contributed by atoms with Crippen molar-refractivity contribution in [2.24, 2.45) is 11.8 Å². The van der Waals surface area contributed by atoms with Crippen molar-refractivity contribution in [3.05, 3.63) is 52.3 Å². The zero-order valence-electron chi connectivity index (χ0n) is 19.7. The number of hydrogen-bond acceptors (Lipinski definition) is 4. The lowest BCUT2D eigenvalue weighted by Crippen LogP contribution is -2.22. The minimum atomic E-state index is -0.740. The van der Waals surface area contributed by atoms with Crippen LogP contribution >= 0.6 is 11.6 Å². The van der Waals surface area contributed by atoms with Crippen LogP contribution in [0.1, 0.15) is 74.1 Å². The molecule has 1 aromatic carbocycles. The maximum atomic E-state index is 13.4. The van der Waals surface area contributed by atoms with Crippen molar-refractivity contribution in [1.29, 1.82) is 0 Å². The molecule has 34 heavy (non-hydrogen) atoms. The van der Waals surface area contributed by atoms with Gasteiger partial charge in [0.15, 0.2) is 5.78 Å². The largest absolute Gasteiger partial charge is 0.481 e. The van der Waals surface area contributed by atoms with Gasteiger partial charge in [0.2, 0.25) is 5.28 Å². The summed E-state index contributed by atoms with van der Waals surface area (Å²) >= 11 is 6.42. The van der Waals surface area contributed by atoms with Gasteiger partial charge in [0.05, 0.1) is 12.5 Å². The molecular formula is C26H30ClFN2O4. The number of carboxylic acid groups (broad SMARTS) is 1. The molecule has 2 aromatic rings. The number of carboxylic acids is 1. The molecule has 0 spiro atoms. The Hall–Kier alpha value is -2.69. The van der Waals surface area contributed by atoms with E-state index in [0.29, 0.717) is 30.9 Å². The first-order valence-corrected chi connectivity index (χ1v) is 11.8. The van der Waals surface area contributed by atoms with Crippen LogP contribution in [0, 0.1) is 29.5 Å². The predicted octanol–water partition coefficient (Wildman–Crippen LogP) is 5.35. The molecule has 182 valence electrons. The molecular weight excluding hydrogens is 459 g/mol. The van der Waals surface area contributed by atoms with Gasteiger partial charge in [-0.2, -0.15) is 0 Å². The Morgan fingerprint density at radius 1 is 1.24 bits per heavy atom. The second-order valence-electron chi connectivity index (χ2n) is 9.27. The SMILES string of the molecule is COC(C)(C)C#Cc1nc(Cl)n(Cc2ccc(F)cc2)c1C(=O)CCC1CCC(C(=O)O)CC1.